The van der Waals surface area contributed by atoms with Gasteiger partial charge in [-0.25, -0.2) is 9.78 Å². The fraction of sp³-hybridized carbons (Fsp3) is 0.750. The summed E-state index contributed by atoms with van der Waals surface area (Å²) in [5, 5.41) is 10.3. The summed E-state index contributed by atoms with van der Waals surface area (Å²) in [7, 11) is 0. The molecule has 1 unspecified atom stereocenters. The van der Waals surface area contributed by atoms with Gasteiger partial charge in [0.2, 0.25) is 0 Å². The average molecular weight is 310 g/mol. The standard InChI is InChI=1S/C16H26N2O2S/c1-4-12-7-5-6-8-18(12)10-14-17-13(9-11(2)3)15(21-14)16(19)20/h11-12H,4-10H2,1-3H3,(H,19,20). The molecule has 0 spiro atoms. The molecule has 0 amide bonds. The Hall–Kier alpha value is -0.940. The molecule has 5 heteroatoms. The van der Waals surface area contributed by atoms with E-state index in [4.69, 9.17) is 0 Å². The van der Waals surface area contributed by atoms with E-state index in [9.17, 15) is 9.90 Å². The number of carbonyl (C=O) groups is 1. The summed E-state index contributed by atoms with van der Waals surface area (Å²) in [6.07, 6.45) is 5.72. The first kappa shape index (κ1) is 16.4. The van der Waals surface area contributed by atoms with Crippen molar-refractivity contribution in [2.75, 3.05) is 6.54 Å². The number of aromatic carboxylic acids is 1. The van der Waals surface area contributed by atoms with Gasteiger partial charge in [-0.05, 0) is 38.1 Å². The number of hydrogen-bond donors (Lipinski definition) is 1. The lowest BCUT2D eigenvalue weighted by atomic mass is 10.0. The maximum absolute atomic E-state index is 11.4. The topological polar surface area (TPSA) is 53.4 Å². The zero-order valence-corrected chi connectivity index (χ0v) is 14.1. The first-order valence-corrected chi connectivity index (χ1v) is 8.78. The summed E-state index contributed by atoms with van der Waals surface area (Å²) >= 11 is 1.36. The molecule has 1 aromatic rings. The van der Waals surface area contributed by atoms with E-state index in [1.807, 2.05) is 0 Å². The lowest BCUT2D eigenvalue weighted by Gasteiger charge is -2.34. The monoisotopic (exact) mass is 310 g/mol. The van der Waals surface area contributed by atoms with Crippen molar-refractivity contribution in [1.29, 1.82) is 0 Å². The van der Waals surface area contributed by atoms with Crippen molar-refractivity contribution >= 4 is 17.3 Å². The minimum atomic E-state index is -0.833. The Kier molecular flexibility index (Phi) is 5.76. The van der Waals surface area contributed by atoms with Gasteiger partial charge in [0.15, 0.2) is 0 Å². The second-order valence-corrected chi connectivity index (χ2v) is 7.40. The molecule has 0 saturated carbocycles. The molecule has 1 atom stereocenters. The Balaban J connectivity index is 2.14. The molecular weight excluding hydrogens is 284 g/mol. The van der Waals surface area contributed by atoms with E-state index < -0.39 is 5.97 Å². The quantitative estimate of drug-likeness (QED) is 0.868. The van der Waals surface area contributed by atoms with E-state index in [1.54, 1.807) is 0 Å². The molecule has 21 heavy (non-hydrogen) atoms. The van der Waals surface area contributed by atoms with Gasteiger partial charge >= 0.3 is 5.97 Å². The third-order valence-electron chi connectivity index (χ3n) is 4.10. The normalized spacial score (nSPS) is 20.1. The summed E-state index contributed by atoms with van der Waals surface area (Å²) in [5.41, 5.74) is 0.766. The molecule has 2 heterocycles. The van der Waals surface area contributed by atoms with Gasteiger partial charge in [-0.15, -0.1) is 11.3 Å². The minimum Gasteiger partial charge on any atom is -0.477 e. The van der Waals surface area contributed by atoms with Crippen molar-refractivity contribution in [1.82, 2.24) is 9.88 Å². The van der Waals surface area contributed by atoms with Crippen molar-refractivity contribution in [3.63, 3.8) is 0 Å². The summed E-state index contributed by atoms with van der Waals surface area (Å²) in [5.74, 6) is -0.406. The molecule has 118 valence electrons. The average Bonchev–Trinajstić information content (AvgIpc) is 2.81. The zero-order valence-electron chi connectivity index (χ0n) is 13.3. The van der Waals surface area contributed by atoms with Crippen LogP contribution in [-0.2, 0) is 13.0 Å². The molecule has 1 saturated heterocycles. The highest BCUT2D eigenvalue weighted by Crippen LogP contribution is 2.26. The number of carboxylic acids is 1. The van der Waals surface area contributed by atoms with Gasteiger partial charge in [-0.3, -0.25) is 4.90 Å². The van der Waals surface area contributed by atoms with Gasteiger partial charge in [-0.2, -0.15) is 0 Å². The Morgan fingerprint density at radius 3 is 2.86 bits per heavy atom. The smallest absolute Gasteiger partial charge is 0.347 e. The van der Waals surface area contributed by atoms with Crippen LogP contribution in [0.4, 0.5) is 0 Å². The Morgan fingerprint density at radius 2 is 2.24 bits per heavy atom. The highest BCUT2D eigenvalue weighted by atomic mass is 32.1. The van der Waals surface area contributed by atoms with E-state index in [-0.39, 0.29) is 0 Å². The first-order chi connectivity index (χ1) is 10.0. The van der Waals surface area contributed by atoms with Crippen LogP contribution in [-0.4, -0.2) is 33.5 Å². The van der Waals surface area contributed by atoms with Crippen LogP contribution in [0.1, 0.15) is 66.8 Å². The number of hydrogen-bond acceptors (Lipinski definition) is 4. The fourth-order valence-corrected chi connectivity index (χ4v) is 4.02. The summed E-state index contributed by atoms with van der Waals surface area (Å²) in [6.45, 7) is 8.35. The van der Waals surface area contributed by atoms with Crippen LogP contribution in [0.3, 0.4) is 0 Å². The number of thiazole rings is 1. The van der Waals surface area contributed by atoms with Crippen LogP contribution in [0.25, 0.3) is 0 Å². The van der Waals surface area contributed by atoms with Crippen molar-refractivity contribution in [3.8, 4) is 0 Å². The lowest BCUT2D eigenvalue weighted by Crippen LogP contribution is -2.38. The SMILES string of the molecule is CCC1CCCCN1Cc1nc(CC(C)C)c(C(=O)O)s1. The Morgan fingerprint density at radius 1 is 1.48 bits per heavy atom. The largest absolute Gasteiger partial charge is 0.477 e. The zero-order chi connectivity index (χ0) is 15.4. The highest BCUT2D eigenvalue weighted by Gasteiger charge is 2.24. The number of likely N-dealkylation sites (tertiary alicyclic amines) is 1. The van der Waals surface area contributed by atoms with E-state index in [0.717, 1.165) is 36.6 Å². The van der Waals surface area contributed by atoms with Gasteiger partial charge in [0.05, 0.1) is 12.2 Å². The minimum absolute atomic E-state index is 0.427. The molecule has 0 radical (unpaired) electrons. The molecule has 1 aromatic heterocycles. The van der Waals surface area contributed by atoms with Gasteiger partial charge in [-0.1, -0.05) is 27.2 Å². The molecule has 0 bridgehead atoms. The third kappa shape index (κ3) is 4.27. The van der Waals surface area contributed by atoms with E-state index in [0.29, 0.717) is 16.8 Å². The molecule has 4 nitrogen and oxygen atoms in total. The van der Waals surface area contributed by atoms with Crippen molar-refractivity contribution in [2.45, 2.75) is 65.5 Å². The van der Waals surface area contributed by atoms with Gasteiger partial charge in [0.1, 0.15) is 9.88 Å². The predicted molar refractivity (Wildman–Crippen MR) is 86.0 cm³/mol. The summed E-state index contributed by atoms with van der Waals surface area (Å²) < 4.78 is 0. The van der Waals surface area contributed by atoms with Crippen LogP contribution < -0.4 is 0 Å². The van der Waals surface area contributed by atoms with Crippen LogP contribution in [0, 0.1) is 5.92 Å². The molecule has 1 aliphatic heterocycles. The highest BCUT2D eigenvalue weighted by molar-refractivity contribution is 7.13. The third-order valence-corrected chi connectivity index (χ3v) is 5.17. The van der Waals surface area contributed by atoms with Crippen molar-refractivity contribution in [3.05, 3.63) is 15.6 Å². The lowest BCUT2D eigenvalue weighted by molar-refractivity contribution is 0.0700. The number of aromatic nitrogens is 1. The maximum atomic E-state index is 11.4. The fourth-order valence-electron chi connectivity index (χ4n) is 3.06. The number of nitrogens with zero attached hydrogens (tertiary/aromatic N) is 2. The summed E-state index contributed by atoms with van der Waals surface area (Å²) in [4.78, 5) is 18.9. The van der Waals surface area contributed by atoms with Gasteiger partial charge in [0, 0.05) is 6.04 Å². The van der Waals surface area contributed by atoms with E-state index >= 15 is 0 Å². The molecular formula is C16H26N2O2S. The molecule has 0 aromatic carbocycles. The van der Waals surface area contributed by atoms with Crippen LogP contribution in [0.2, 0.25) is 0 Å². The molecule has 1 aliphatic rings. The first-order valence-electron chi connectivity index (χ1n) is 7.97. The Bertz CT molecular complexity index is 485. The van der Waals surface area contributed by atoms with Crippen LogP contribution in [0.15, 0.2) is 0 Å². The second-order valence-electron chi connectivity index (χ2n) is 6.31. The maximum Gasteiger partial charge on any atom is 0.347 e. The molecule has 1 N–H and O–H groups in total. The number of carboxylic acid groups (broad SMARTS) is 1. The molecule has 0 aliphatic carbocycles. The molecule has 1 fully saturated rings. The number of piperidine rings is 1. The Labute approximate surface area is 131 Å². The van der Waals surface area contributed by atoms with E-state index in [1.165, 1.54) is 30.6 Å². The summed E-state index contributed by atoms with van der Waals surface area (Å²) in [6, 6.07) is 0.629. The van der Waals surface area contributed by atoms with Crippen molar-refractivity contribution < 1.29 is 9.90 Å². The van der Waals surface area contributed by atoms with Crippen LogP contribution in [0.5, 0.6) is 0 Å². The van der Waals surface area contributed by atoms with E-state index in [2.05, 4.69) is 30.7 Å². The van der Waals surface area contributed by atoms with Gasteiger partial charge in [0.25, 0.3) is 0 Å². The molecule has 2 rings (SSSR count). The van der Waals surface area contributed by atoms with Crippen LogP contribution >= 0.6 is 11.3 Å². The predicted octanol–water partition coefficient (Wildman–Crippen LogP) is 3.80. The number of rotatable bonds is 6. The second kappa shape index (κ2) is 7.36. The van der Waals surface area contributed by atoms with Gasteiger partial charge < -0.3 is 5.11 Å². The van der Waals surface area contributed by atoms with Crippen molar-refractivity contribution in [2.24, 2.45) is 5.92 Å².